The van der Waals surface area contributed by atoms with Crippen molar-refractivity contribution in [1.29, 1.82) is 0 Å². The molecule has 1 aromatic rings. The van der Waals surface area contributed by atoms with Gasteiger partial charge in [0.2, 0.25) is 0 Å². The van der Waals surface area contributed by atoms with E-state index in [0.717, 1.165) is 19.3 Å². The first-order valence-electron chi connectivity index (χ1n) is 7.16. The van der Waals surface area contributed by atoms with Crippen molar-refractivity contribution < 1.29 is 9.59 Å². The molecule has 1 aromatic heterocycles. The number of aromatic amines is 1. The Balaban J connectivity index is 2.28. The van der Waals surface area contributed by atoms with E-state index >= 15 is 0 Å². The maximum Gasteiger partial charge on any atom is 0.299 e. The Hall–Kier alpha value is -2.29. The second-order valence-corrected chi connectivity index (χ2v) is 5.50. The van der Waals surface area contributed by atoms with Crippen molar-refractivity contribution in [2.45, 2.75) is 39.2 Å². The molecule has 1 unspecified atom stereocenters. The van der Waals surface area contributed by atoms with Gasteiger partial charge in [-0.25, -0.2) is 0 Å². The highest BCUT2D eigenvalue weighted by Crippen LogP contribution is 2.31. The Morgan fingerprint density at radius 1 is 1.48 bits per heavy atom. The lowest BCUT2D eigenvalue weighted by Crippen LogP contribution is -2.38. The van der Waals surface area contributed by atoms with Gasteiger partial charge in [-0.15, -0.1) is 0 Å². The first-order chi connectivity index (χ1) is 10.0. The SMILES string of the molecule is CC(C)C#CC(=O)N1CCCCC1c1[nH]ncc1C(N)=O. The molecule has 2 amide bonds. The van der Waals surface area contributed by atoms with E-state index in [2.05, 4.69) is 22.0 Å². The van der Waals surface area contributed by atoms with Gasteiger partial charge >= 0.3 is 0 Å². The number of nitrogens with zero attached hydrogens (tertiary/aromatic N) is 2. The van der Waals surface area contributed by atoms with Gasteiger partial charge in [0, 0.05) is 12.5 Å². The lowest BCUT2D eigenvalue weighted by molar-refractivity contribution is -0.128. The zero-order valence-electron chi connectivity index (χ0n) is 12.3. The summed E-state index contributed by atoms with van der Waals surface area (Å²) in [5, 5.41) is 6.70. The number of H-pyrrole nitrogens is 1. The van der Waals surface area contributed by atoms with Crippen molar-refractivity contribution in [3.63, 3.8) is 0 Å². The van der Waals surface area contributed by atoms with E-state index in [1.165, 1.54) is 6.20 Å². The molecule has 6 heteroatoms. The standard InChI is InChI=1S/C15H20N4O2/c1-10(2)6-7-13(20)19-8-4-3-5-12(19)14-11(15(16)21)9-17-18-14/h9-10,12H,3-5,8H2,1-2H3,(H2,16,21)(H,17,18). The number of nitrogens with two attached hydrogens (primary N) is 1. The van der Waals surface area contributed by atoms with E-state index in [9.17, 15) is 9.59 Å². The number of carbonyl (C=O) groups is 2. The number of likely N-dealkylation sites (tertiary alicyclic amines) is 1. The highest BCUT2D eigenvalue weighted by molar-refractivity contribution is 5.95. The van der Waals surface area contributed by atoms with Gasteiger partial charge in [0.1, 0.15) is 0 Å². The number of rotatable bonds is 2. The van der Waals surface area contributed by atoms with Crippen LogP contribution in [0.5, 0.6) is 0 Å². The smallest absolute Gasteiger partial charge is 0.299 e. The largest absolute Gasteiger partial charge is 0.365 e. The Kier molecular flexibility index (Phi) is 4.63. The predicted molar refractivity (Wildman–Crippen MR) is 78.0 cm³/mol. The molecular formula is C15H20N4O2. The molecule has 1 fully saturated rings. The molecular weight excluding hydrogens is 268 g/mol. The minimum Gasteiger partial charge on any atom is -0.365 e. The number of nitrogens with one attached hydrogen (secondary N) is 1. The highest BCUT2D eigenvalue weighted by atomic mass is 16.2. The minimum atomic E-state index is -0.537. The Morgan fingerprint density at radius 3 is 2.90 bits per heavy atom. The number of piperidine rings is 1. The molecule has 112 valence electrons. The lowest BCUT2D eigenvalue weighted by atomic mass is 9.96. The second kappa shape index (κ2) is 6.44. The first kappa shape index (κ1) is 15.1. The predicted octanol–water partition coefficient (Wildman–Crippen LogP) is 1.22. The van der Waals surface area contributed by atoms with Gasteiger partial charge in [-0.3, -0.25) is 14.7 Å². The molecule has 3 N–H and O–H groups in total. The van der Waals surface area contributed by atoms with Crippen molar-refractivity contribution in [3.05, 3.63) is 17.5 Å². The van der Waals surface area contributed by atoms with Crippen LogP contribution in [0.2, 0.25) is 0 Å². The van der Waals surface area contributed by atoms with Crippen molar-refractivity contribution in [3.8, 4) is 11.8 Å². The third-order valence-corrected chi connectivity index (χ3v) is 3.50. The molecule has 2 rings (SSSR count). The Labute approximate surface area is 124 Å². The van der Waals surface area contributed by atoms with Crippen molar-refractivity contribution in [1.82, 2.24) is 15.1 Å². The van der Waals surface area contributed by atoms with Gasteiger partial charge in [-0.2, -0.15) is 5.10 Å². The van der Waals surface area contributed by atoms with E-state index in [4.69, 9.17) is 5.73 Å². The van der Waals surface area contributed by atoms with Crippen LogP contribution in [0.25, 0.3) is 0 Å². The zero-order valence-corrected chi connectivity index (χ0v) is 12.3. The van der Waals surface area contributed by atoms with Crippen LogP contribution in [-0.4, -0.2) is 33.5 Å². The fourth-order valence-electron chi connectivity index (χ4n) is 2.50. The van der Waals surface area contributed by atoms with E-state index in [1.54, 1.807) is 4.90 Å². The third kappa shape index (κ3) is 3.43. The molecule has 0 radical (unpaired) electrons. The van der Waals surface area contributed by atoms with Crippen molar-refractivity contribution in [2.24, 2.45) is 11.7 Å². The summed E-state index contributed by atoms with van der Waals surface area (Å²) >= 11 is 0. The van der Waals surface area contributed by atoms with Crippen LogP contribution >= 0.6 is 0 Å². The number of amides is 2. The second-order valence-electron chi connectivity index (χ2n) is 5.50. The summed E-state index contributed by atoms with van der Waals surface area (Å²) in [6, 6.07) is -0.210. The minimum absolute atomic E-state index is 0.144. The summed E-state index contributed by atoms with van der Waals surface area (Å²) in [7, 11) is 0. The summed E-state index contributed by atoms with van der Waals surface area (Å²) in [4.78, 5) is 25.4. The fourth-order valence-corrected chi connectivity index (χ4v) is 2.50. The highest BCUT2D eigenvalue weighted by Gasteiger charge is 2.31. The molecule has 21 heavy (non-hydrogen) atoms. The molecule has 0 saturated carbocycles. The number of primary amides is 1. The van der Waals surface area contributed by atoms with Gasteiger partial charge in [-0.05, 0) is 25.2 Å². The van der Waals surface area contributed by atoms with Crippen LogP contribution in [0.4, 0.5) is 0 Å². The molecule has 0 aromatic carbocycles. The van der Waals surface area contributed by atoms with E-state index < -0.39 is 5.91 Å². The van der Waals surface area contributed by atoms with Gasteiger partial charge in [-0.1, -0.05) is 19.8 Å². The first-order valence-corrected chi connectivity index (χ1v) is 7.16. The molecule has 0 spiro atoms. The third-order valence-electron chi connectivity index (χ3n) is 3.50. The van der Waals surface area contributed by atoms with Gasteiger partial charge in [0.15, 0.2) is 0 Å². The van der Waals surface area contributed by atoms with Crippen LogP contribution in [0.15, 0.2) is 6.20 Å². The lowest BCUT2D eigenvalue weighted by Gasteiger charge is -2.34. The molecule has 1 saturated heterocycles. The molecule has 0 aliphatic carbocycles. The molecule has 1 atom stereocenters. The number of hydrogen-bond acceptors (Lipinski definition) is 3. The van der Waals surface area contributed by atoms with Gasteiger partial charge < -0.3 is 10.6 Å². The van der Waals surface area contributed by atoms with Crippen LogP contribution in [0.3, 0.4) is 0 Å². The number of hydrogen-bond donors (Lipinski definition) is 2. The van der Waals surface area contributed by atoms with E-state index in [0.29, 0.717) is 17.8 Å². The van der Waals surface area contributed by atoms with Crippen LogP contribution in [0.1, 0.15) is 55.2 Å². The van der Waals surface area contributed by atoms with Crippen molar-refractivity contribution in [2.75, 3.05) is 6.54 Å². The molecule has 0 bridgehead atoms. The molecule has 1 aliphatic rings. The summed E-state index contributed by atoms with van der Waals surface area (Å²) in [6.45, 7) is 4.51. The summed E-state index contributed by atoms with van der Waals surface area (Å²) < 4.78 is 0. The molecule has 6 nitrogen and oxygen atoms in total. The van der Waals surface area contributed by atoms with Crippen molar-refractivity contribution >= 4 is 11.8 Å². The molecule has 1 aliphatic heterocycles. The maximum absolute atomic E-state index is 12.3. The Morgan fingerprint density at radius 2 is 2.24 bits per heavy atom. The summed E-state index contributed by atoms with van der Waals surface area (Å²) in [6.07, 6.45) is 4.11. The number of carbonyl (C=O) groups excluding carboxylic acids is 2. The maximum atomic E-state index is 12.3. The fraction of sp³-hybridized carbons (Fsp3) is 0.533. The quantitative estimate of drug-likeness (QED) is 0.801. The van der Waals surface area contributed by atoms with Gasteiger partial charge in [0.05, 0.1) is 23.5 Å². The van der Waals surface area contributed by atoms with Crippen LogP contribution in [0, 0.1) is 17.8 Å². The van der Waals surface area contributed by atoms with E-state index in [-0.39, 0.29) is 17.9 Å². The van der Waals surface area contributed by atoms with Crippen LogP contribution in [-0.2, 0) is 4.79 Å². The molecule has 2 heterocycles. The summed E-state index contributed by atoms with van der Waals surface area (Å²) in [5.41, 5.74) is 6.31. The average molecular weight is 288 g/mol. The average Bonchev–Trinajstić information content (AvgIpc) is 2.94. The zero-order chi connectivity index (χ0) is 15.4. The Bertz CT molecular complexity index is 594. The summed E-state index contributed by atoms with van der Waals surface area (Å²) in [5.74, 6) is 4.96. The normalized spacial score (nSPS) is 18.2. The van der Waals surface area contributed by atoms with Crippen LogP contribution < -0.4 is 5.73 Å². The topological polar surface area (TPSA) is 92.1 Å². The number of aromatic nitrogens is 2. The van der Waals surface area contributed by atoms with Gasteiger partial charge in [0.25, 0.3) is 11.8 Å². The van der Waals surface area contributed by atoms with E-state index in [1.807, 2.05) is 13.8 Å². The monoisotopic (exact) mass is 288 g/mol.